The Bertz CT molecular complexity index is 1480. The lowest BCUT2D eigenvalue weighted by Gasteiger charge is -2.61. The molecule has 0 aliphatic carbocycles. The number of H-pyrrole nitrogens is 1. The first kappa shape index (κ1) is 26.2. The summed E-state index contributed by atoms with van der Waals surface area (Å²) in [5.74, 6) is 0.865. The molecule has 3 aromatic rings. The van der Waals surface area contributed by atoms with Gasteiger partial charge in [0, 0.05) is 56.8 Å². The number of morpholine rings is 1. The van der Waals surface area contributed by atoms with Crippen molar-refractivity contribution in [3.8, 4) is 6.01 Å². The number of benzene rings is 1. The maximum Gasteiger partial charge on any atom is 0.318 e. The summed E-state index contributed by atoms with van der Waals surface area (Å²) in [5.41, 5.74) is 4.71. The van der Waals surface area contributed by atoms with Gasteiger partial charge in [0.2, 0.25) is 5.91 Å². The number of aromatic nitrogens is 4. The van der Waals surface area contributed by atoms with Crippen LogP contribution in [0.4, 0.5) is 11.5 Å². The van der Waals surface area contributed by atoms with Gasteiger partial charge in [-0.2, -0.15) is 15.1 Å². The van der Waals surface area contributed by atoms with Gasteiger partial charge in [0.15, 0.2) is 5.72 Å². The van der Waals surface area contributed by atoms with Crippen LogP contribution in [0, 0.1) is 6.92 Å². The molecule has 6 heterocycles. The number of carbonyl (C=O) groups is 1. The molecule has 0 bridgehead atoms. The number of piperazine rings is 1. The summed E-state index contributed by atoms with van der Waals surface area (Å²) in [6, 6.07) is 4.57. The first-order valence-electron chi connectivity index (χ1n) is 14.4. The van der Waals surface area contributed by atoms with Crippen molar-refractivity contribution in [1.29, 1.82) is 0 Å². The summed E-state index contributed by atoms with van der Waals surface area (Å²) in [4.78, 5) is 30.5. The minimum atomic E-state index is -0.788. The fraction of sp³-hybridized carbons (Fsp3) is 0.517. The minimum absolute atomic E-state index is 0.0375. The molecule has 3 saturated heterocycles. The Hall–Kier alpha value is -3.74. The highest BCUT2D eigenvalue weighted by Crippen LogP contribution is 2.39. The molecular weight excluding hydrogens is 524 g/mol. The molecule has 7 rings (SSSR count). The Morgan fingerprint density at radius 2 is 2.10 bits per heavy atom. The largest absolute Gasteiger partial charge is 0.463 e. The number of hydrogen-bond acceptors (Lipinski definition) is 10. The first-order valence-corrected chi connectivity index (χ1v) is 14.4. The maximum atomic E-state index is 12.2. The second-order valence-corrected chi connectivity index (χ2v) is 11.3. The van der Waals surface area contributed by atoms with Gasteiger partial charge in [-0.3, -0.25) is 14.8 Å². The number of nitrogens with one attached hydrogen (secondary N) is 1. The van der Waals surface area contributed by atoms with Crippen molar-refractivity contribution in [2.24, 2.45) is 0 Å². The zero-order valence-electron chi connectivity index (χ0n) is 23.4. The van der Waals surface area contributed by atoms with Gasteiger partial charge >= 0.3 is 6.01 Å². The zero-order valence-corrected chi connectivity index (χ0v) is 23.4. The van der Waals surface area contributed by atoms with Gasteiger partial charge in [-0.25, -0.2) is 0 Å². The number of anilines is 2. The summed E-state index contributed by atoms with van der Waals surface area (Å²) < 4.78 is 11.5. The molecule has 4 aliphatic rings. The quantitative estimate of drug-likeness (QED) is 0.307. The molecule has 2 atom stereocenters. The monoisotopic (exact) mass is 560 g/mol. The second-order valence-electron chi connectivity index (χ2n) is 11.3. The van der Waals surface area contributed by atoms with E-state index < -0.39 is 5.72 Å². The van der Waals surface area contributed by atoms with Gasteiger partial charge in [0.05, 0.1) is 42.9 Å². The number of aromatic amines is 1. The van der Waals surface area contributed by atoms with E-state index in [4.69, 9.17) is 19.4 Å². The van der Waals surface area contributed by atoms with Gasteiger partial charge in [-0.15, -0.1) is 0 Å². The van der Waals surface area contributed by atoms with E-state index in [1.807, 2.05) is 16.0 Å². The Labute approximate surface area is 238 Å². The third kappa shape index (κ3) is 4.50. The van der Waals surface area contributed by atoms with Crippen LogP contribution in [-0.4, -0.2) is 112 Å². The average Bonchev–Trinajstić information content (AvgIpc) is 3.47. The van der Waals surface area contributed by atoms with Crippen LogP contribution in [0.2, 0.25) is 0 Å². The number of amides is 1. The van der Waals surface area contributed by atoms with Crippen molar-refractivity contribution in [2.45, 2.75) is 38.1 Å². The van der Waals surface area contributed by atoms with Crippen LogP contribution in [0.1, 0.15) is 23.2 Å². The molecule has 2 N–H and O–H groups in total. The molecule has 216 valence electrons. The molecule has 0 saturated carbocycles. The number of aryl methyl sites for hydroxylation is 1. The molecule has 0 spiro atoms. The summed E-state index contributed by atoms with van der Waals surface area (Å²) in [6.45, 7) is 12.2. The number of fused-ring (bicyclic) bond motifs is 3. The molecule has 0 radical (unpaired) electrons. The van der Waals surface area contributed by atoms with Gasteiger partial charge in [0.25, 0.3) is 0 Å². The summed E-state index contributed by atoms with van der Waals surface area (Å²) in [7, 11) is 0. The van der Waals surface area contributed by atoms with E-state index in [2.05, 4.69) is 45.6 Å². The normalized spacial score (nSPS) is 24.0. The Morgan fingerprint density at radius 3 is 2.83 bits per heavy atom. The van der Waals surface area contributed by atoms with Crippen LogP contribution in [-0.2, 0) is 22.5 Å². The molecule has 12 heteroatoms. The first-order chi connectivity index (χ1) is 19.9. The van der Waals surface area contributed by atoms with Gasteiger partial charge < -0.3 is 29.3 Å². The molecular formula is C29H36N8O4. The highest BCUT2D eigenvalue weighted by atomic mass is 16.6. The maximum absolute atomic E-state index is 12.2. The van der Waals surface area contributed by atoms with Crippen LogP contribution in [0.5, 0.6) is 6.01 Å². The fourth-order valence-corrected chi connectivity index (χ4v) is 6.50. The van der Waals surface area contributed by atoms with Crippen LogP contribution < -0.4 is 14.5 Å². The summed E-state index contributed by atoms with van der Waals surface area (Å²) in [6.07, 6.45) is 4.78. The molecule has 3 fully saturated rings. The highest BCUT2D eigenvalue weighted by molar-refractivity contribution is 5.93. The lowest BCUT2D eigenvalue weighted by molar-refractivity contribution is -0.373. The summed E-state index contributed by atoms with van der Waals surface area (Å²) in [5, 5.41) is 19.0. The van der Waals surface area contributed by atoms with E-state index >= 15 is 0 Å². The smallest absolute Gasteiger partial charge is 0.318 e. The lowest BCUT2D eigenvalue weighted by atomic mass is 9.89. The number of ether oxygens (including phenoxy) is 2. The Morgan fingerprint density at radius 1 is 1.24 bits per heavy atom. The zero-order chi connectivity index (χ0) is 28.1. The van der Waals surface area contributed by atoms with E-state index in [0.29, 0.717) is 51.9 Å². The third-order valence-electron chi connectivity index (χ3n) is 8.95. The molecule has 2 aromatic heterocycles. The highest BCUT2D eigenvalue weighted by Gasteiger charge is 2.60. The van der Waals surface area contributed by atoms with Crippen LogP contribution in [0.3, 0.4) is 0 Å². The molecule has 1 aromatic carbocycles. The topological polar surface area (TPSA) is 123 Å². The van der Waals surface area contributed by atoms with Gasteiger partial charge in [-0.05, 0) is 37.5 Å². The molecule has 1 amide bonds. The minimum Gasteiger partial charge on any atom is -0.463 e. The fourth-order valence-electron chi connectivity index (χ4n) is 6.50. The van der Waals surface area contributed by atoms with Crippen molar-refractivity contribution >= 4 is 28.3 Å². The SMILES string of the molecule is C=CC(=O)N1CCN(c2nc(OCCCN3CC4OC[C@]43O)nc3c2CCN(c2c(C)ccc4[nH]ncc24)C3)CC1. The molecule has 1 unspecified atom stereocenters. The number of aliphatic hydroxyl groups is 1. The third-order valence-corrected chi connectivity index (χ3v) is 8.95. The number of carbonyl (C=O) groups excluding carboxylic acids is 1. The predicted octanol–water partition coefficient (Wildman–Crippen LogP) is 1.23. The standard InChI is InChI=1S/C29H36N8O4/c1-3-25(38)34-10-12-35(13-11-34)27-20-7-9-36(26-19(2)5-6-22-21(26)15-30-33-22)16-23(20)31-28(32-27)40-14-4-8-37-17-24-29(37,39)18-41-24/h3,5-6,15,24,39H,1,4,7-14,16-18H2,2H3,(H,30,33)/t24?,29-/m0/s1. The van der Waals surface area contributed by atoms with E-state index in [9.17, 15) is 9.90 Å². The van der Waals surface area contributed by atoms with Crippen LogP contribution in [0.15, 0.2) is 31.0 Å². The van der Waals surface area contributed by atoms with Crippen molar-refractivity contribution in [1.82, 2.24) is 30.0 Å². The second kappa shape index (κ2) is 10.3. The van der Waals surface area contributed by atoms with Crippen LogP contribution >= 0.6 is 0 Å². The Kier molecular flexibility index (Phi) is 6.56. The van der Waals surface area contributed by atoms with Gasteiger partial charge in [-0.1, -0.05) is 12.6 Å². The number of likely N-dealkylation sites (tertiary alicyclic amines) is 1. The van der Waals surface area contributed by atoms with Crippen molar-refractivity contribution in [3.05, 3.63) is 47.8 Å². The van der Waals surface area contributed by atoms with Crippen molar-refractivity contribution < 1.29 is 19.4 Å². The number of hydrogen-bond donors (Lipinski definition) is 2. The van der Waals surface area contributed by atoms with Crippen molar-refractivity contribution in [2.75, 3.05) is 68.8 Å². The van der Waals surface area contributed by atoms with Crippen LogP contribution in [0.25, 0.3) is 10.9 Å². The van der Waals surface area contributed by atoms with E-state index in [-0.39, 0.29) is 12.0 Å². The predicted molar refractivity (Wildman–Crippen MR) is 153 cm³/mol. The van der Waals surface area contributed by atoms with E-state index in [0.717, 1.165) is 60.5 Å². The van der Waals surface area contributed by atoms with Gasteiger partial charge in [0.1, 0.15) is 11.9 Å². The molecule has 12 nitrogen and oxygen atoms in total. The lowest BCUT2D eigenvalue weighted by Crippen LogP contribution is -2.80. The molecule has 41 heavy (non-hydrogen) atoms. The molecule has 4 aliphatic heterocycles. The van der Waals surface area contributed by atoms with E-state index in [1.165, 1.54) is 17.3 Å². The summed E-state index contributed by atoms with van der Waals surface area (Å²) >= 11 is 0. The average molecular weight is 561 g/mol. The number of nitrogens with zero attached hydrogens (tertiary/aromatic N) is 7. The van der Waals surface area contributed by atoms with E-state index in [1.54, 1.807) is 0 Å². The number of rotatable bonds is 8. The van der Waals surface area contributed by atoms with Crippen molar-refractivity contribution in [3.63, 3.8) is 0 Å². The Balaban J connectivity index is 1.12.